The van der Waals surface area contributed by atoms with Gasteiger partial charge in [-0.25, -0.2) is 4.79 Å². The third-order valence-corrected chi connectivity index (χ3v) is 4.21. The minimum atomic E-state index is -0.933. The van der Waals surface area contributed by atoms with Gasteiger partial charge in [-0.1, -0.05) is 26.0 Å². The lowest BCUT2D eigenvalue weighted by Crippen LogP contribution is -2.54. The van der Waals surface area contributed by atoms with Crippen LogP contribution < -0.4 is 4.90 Å². The summed E-state index contributed by atoms with van der Waals surface area (Å²) in [6.07, 6.45) is 1.61. The zero-order chi connectivity index (χ0) is 15.8. The van der Waals surface area contributed by atoms with Crippen LogP contribution in [0.15, 0.2) is 18.2 Å². The molecule has 1 N–H and O–H groups in total. The number of aryl methyl sites for hydroxylation is 1. The molecule has 21 heavy (non-hydrogen) atoms. The normalized spacial score (nSPS) is 21.1. The predicted molar refractivity (Wildman–Crippen MR) is 79.6 cm³/mol. The number of carboxylic acids is 1. The molecule has 0 spiro atoms. The van der Waals surface area contributed by atoms with Gasteiger partial charge < -0.3 is 10.0 Å². The molecular formula is C15H20N2O4. The molecule has 1 unspecified atom stereocenters. The Kier molecular flexibility index (Phi) is 3.89. The van der Waals surface area contributed by atoms with Gasteiger partial charge >= 0.3 is 5.97 Å². The van der Waals surface area contributed by atoms with Gasteiger partial charge in [-0.05, 0) is 30.7 Å². The van der Waals surface area contributed by atoms with Crippen molar-refractivity contribution in [2.75, 3.05) is 11.4 Å². The molecule has 1 heterocycles. The lowest BCUT2D eigenvalue weighted by atomic mass is 9.76. The van der Waals surface area contributed by atoms with Crippen LogP contribution in [0.2, 0.25) is 0 Å². The zero-order valence-electron chi connectivity index (χ0n) is 12.5. The van der Waals surface area contributed by atoms with Crippen molar-refractivity contribution in [1.29, 1.82) is 0 Å². The van der Waals surface area contributed by atoms with Gasteiger partial charge in [-0.3, -0.25) is 10.1 Å². The maximum atomic E-state index is 11.7. The molecule has 1 aliphatic heterocycles. The fourth-order valence-corrected chi connectivity index (χ4v) is 3.27. The van der Waals surface area contributed by atoms with Crippen molar-refractivity contribution in [1.82, 2.24) is 0 Å². The number of nitro groups is 1. The Morgan fingerprint density at radius 2 is 2.14 bits per heavy atom. The summed E-state index contributed by atoms with van der Waals surface area (Å²) in [5.74, 6) is -0.933. The van der Waals surface area contributed by atoms with Crippen molar-refractivity contribution in [3.8, 4) is 0 Å². The second-order valence-electron chi connectivity index (χ2n) is 6.23. The average Bonchev–Trinajstić information content (AvgIpc) is 2.36. The molecule has 6 nitrogen and oxygen atoms in total. The van der Waals surface area contributed by atoms with E-state index < -0.39 is 22.3 Å². The minimum Gasteiger partial charge on any atom is -0.480 e. The zero-order valence-corrected chi connectivity index (χ0v) is 12.5. The number of para-hydroxylation sites is 1. The lowest BCUT2D eigenvalue weighted by Gasteiger charge is -2.45. The molecule has 1 aromatic carbocycles. The Labute approximate surface area is 123 Å². The highest BCUT2D eigenvalue weighted by Crippen LogP contribution is 2.42. The molecule has 2 rings (SSSR count). The maximum Gasteiger partial charge on any atom is 0.326 e. The molecule has 0 aliphatic carbocycles. The molecule has 0 radical (unpaired) electrons. The molecule has 0 amide bonds. The molecular weight excluding hydrogens is 272 g/mol. The number of carbonyl (C=O) groups is 1. The SMILES string of the molecule is Cc1cccc([N+](=O)[O-])c1N1CCCC(C)(C)C1C(=O)O. The Morgan fingerprint density at radius 3 is 2.71 bits per heavy atom. The van der Waals surface area contributed by atoms with Crippen LogP contribution in [-0.2, 0) is 4.79 Å². The number of nitro benzene ring substituents is 1. The second kappa shape index (κ2) is 5.35. The van der Waals surface area contributed by atoms with Crippen LogP contribution in [0.25, 0.3) is 0 Å². The van der Waals surface area contributed by atoms with E-state index in [0.717, 1.165) is 18.4 Å². The fourth-order valence-electron chi connectivity index (χ4n) is 3.27. The van der Waals surface area contributed by atoms with E-state index in [1.807, 2.05) is 13.8 Å². The van der Waals surface area contributed by atoms with E-state index >= 15 is 0 Å². The van der Waals surface area contributed by atoms with Crippen molar-refractivity contribution in [2.24, 2.45) is 5.41 Å². The number of hydrogen-bond donors (Lipinski definition) is 1. The van der Waals surface area contributed by atoms with E-state index in [0.29, 0.717) is 12.2 Å². The molecule has 114 valence electrons. The van der Waals surface area contributed by atoms with Crippen molar-refractivity contribution in [3.63, 3.8) is 0 Å². The quantitative estimate of drug-likeness (QED) is 0.684. The van der Waals surface area contributed by atoms with Gasteiger partial charge in [0.15, 0.2) is 0 Å². The van der Waals surface area contributed by atoms with E-state index in [1.54, 1.807) is 24.0 Å². The highest BCUT2D eigenvalue weighted by Gasteiger charge is 2.44. The summed E-state index contributed by atoms with van der Waals surface area (Å²) < 4.78 is 0. The lowest BCUT2D eigenvalue weighted by molar-refractivity contribution is -0.384. The van der Waals surface area contributed by atoms with E-state index in [1.165, 1.54) is 6.07 Å². The molecule has 0 bridgehead atoms. The number of anilines is 1. The third-order valence-electron chi connectivity index (χ3n) is 4.21. The summed E-state index contributed by atoms with van der Waals surface area (Å²) in [7, 11) is 0. The van der Waals surface area contributed by atoms with Gasteiger partial charge in [0, 0.05) is 12.6 Å². The largest absolute Gasteiger partial charge is 0.480 e. The number of hydrogen-bond acceptors (Lipinski definition) is 4. The molecule has 1 atom stereocenters. The Hall–Kier alpha value is -2.11. The number of benzene rings is 1. The van der Waals surface area contributed by atoms with Crippen LogP contribution in [0.5, 0.6) is 0 Å². The van der Waals surface area contributed by atoms with E-state index in [-0.39, 0.29) is 5.69 Å². The molecule has 0 aromatic heterocycles. The maximum absolute atomic E-state index is 11.7. The Balaban J connectivity index is 2.59. The van der Waals surface area contributed by atoms with E-state index in [2.05, 4.69) is 0 Å². The van der Waals surface area contributed by atoms with Crippen molar-refractivity contribution in [2.45, 2.75) is 39.7 Å². The Morgan fingerprint density at radius 1 is 1.48 bits per heavy atom. The summed E-state index contributed by atoms with van der Waals surface area (Å²) in [6, 6.07) is 4.08. The minimum absolute atomic E-state index is 0.0288. The first-order valence-electron chi connectivity index (χ1n) is 6.99. The summed E-state index contributed by atoms with van der Waals surface area (Å²) in [5.41, 5.74) is 0.704. The summed E-state index contributed by atoms with van der Waals surface area (Å²) >= 11 is 0. The number of nitrogens with zero attached hydrogens (tertiary/aromatic N) is 2. The smallest absolute Gasteiger partial charge is 0.326 e. The van der Waals surface area contributed by atoms with Crippen LogP contribution in [0.3, 0.4) is 0 Å². The third kappa shape index (κ3) is 2.70. The first-order valence-corrected chi connectivity index (χ1v) is 6.99. The Bertz CT molecular complexity index is 583. The van der Waals surface area contributed by atoms with Gasteiger partial charge in [-0.15, -0.1) is 0 Å². The van der Waals surface area contributed by atoms with E-state index in [4.69, 9.17) is 0 Å². The summed E-state index contributed by atoms with van der Waals surface area (Å²) in [4.78, 5) is 24.3. The van der Waals surface area contributed by atoms with E-state index in [9.17, 15) is 20.0 Å². The first-order chi connectivity index (χ1) is 9.75. The molecule has 6 heteroatoms. The molecule has 0 saturated carbocycles. The molecule has 1 aromatic rings. The van der Waals surface area contributed by atoms with Gasteiger partial charge in [0.2, 0.25) is 0 Å². The van der Waals surface area contributed by atoms with Crippen LogP contribution in [-0.4, -0.2) is 28.6 Å². The van der Waals surface area contributed by atoms with Crippen LogP contribution in [0.4, 0.5) is 11.4 Å². The second-order valence-corrected chi connectivity index (χ2v) is 6.23. The van der Waals surface area contributed by atoms with Crippen molar-refractivity contribution >= 4 is 17.3 Å². The topological polar surface area (TPSA) is 83.7 Å². The van der Waals surface area contributed by atoms with Gasteiger partial charge in [0.25, 0.3) is 5.69 Å². The standard InChI is InChI=1S/C15H20N2O4/c1-10-6-4-7-11(17(20)21)12(10)16-9-5-8-15(2,3)13(16)14(18)19/h4,6-7,13H,5,8-9H2,1-3H3,(H,18,19). The predicted octanol–water partition coefficient (Wildman–Crippen LogP) is 2.98. The average molecular weight is 292 g/mol. The van der Waals surface area contributed by atoms with Gasteiger partial charge in [0.1, 0.15) is 11.7 Å². The molecule has 1 fully saturated rings. The van der Waals surface area contributed by atoms with Crippen molar-refractivity contribution in [3.05, 3.63) is 33.9 Å². The van der Waals surface area contributed by atoms with Crippen LogP contribution in [0.1, 0.15) is 32.3 Å². The monoisotopic (exact) mass is 292 g/mol. The number of rotatable bonds is 3. The van der Waals surface area contributed by atoms with Gasteiger partial charge in [-0.2, -0.15) is 0 Å². The van der Waals surface area contributed by atoms with Crippen LogP contribution >= 0.6 is 0 Å². The van der Waals surface area contributed by atoms with Crippen LogP contribution in [0, 0.1) is 22.5 Å². The first kappa shape index (κ1) is 15.3. The summed E-state index contributed by atoms with van der Waals surface area (Å²) in [5, 5.41) is 20.9. The summed E-state index contributed by atoms with van der Waals surface area (Å²) in [6.45, 7) is 6.11. The fraction of sp³-hybridized carbons (Fsp3) is 0.533. The molecule has 1 aliphatic rings. The highest BCUT2D eigenvalue weighted by molar-refractivity contribution is 5.82. The van der Waals surface area contributed by atoms with Gasteiger partial charge in [0.05, 0.1) is 4.92 Å². The highest BCUT2D eigenvalue weighted by atomic mass is 16.6. The molecule has 1 saturated heterocycles. The number of aliphatic carboxylic acids is 1. The van der Waals surface area contributed by atoms with Crippen molar-refractivity contribution < 1.29 is 14.8 Å². The number of carboxylic acid groups (broad SMARTS) is 1. The number of piperidine rings is 1.